The van der Waals surface area contributed by atoms with Crippen molar-refractivity contribution >= 4 is 5.69 Å². The van der Waals surface area contributed by atoms with Crippen LogP contribution in [0.1, 0.15) is 12.8 Å². The molecule has 1 unspecified atom stereocenters. The molecule has 1 atom stereocenters. The molecule has 3 heteroatoms. The minimum absolute atomic E-state index is 0.749. The van der Waals surface area contributed by atoms with E-state index in [0.29, 0.717) is 0 Å². The van der Waals surface area contributed by atoms with Gasteiger partial charge in [-0.3, -0.25) is 0 Å². The summed E-state index contributed by atoms with van der Waals surface area (Å²) in [4.78, 5) is 2.30. The third-order valence-electron chi connectivity index (χ3n) is 3.43. The normalized spacial score (nSPS) is 20.0. The van der Waals surface area contributed by atoms with Crippen molar-refractivity contribution in [2.75, 3.05) is 38.7 Å². The van der Waals surface area contributed by atoms with Crippen molar-refractivity contribution in [3.05, 3.63) is 24.3 Å². The number of para-hydroxylation sites is 2. The molecule has 1 aromatic carbocycles. The average molecular weight is 234 g/mol. The molecule has 0 saturated carbocycles. The van der Waals surface area contributed by atoms with E-state index in [0.717, 1.165) is 24.8 Å². The maximum atomic E-state index is 5.40. The van der Waals surface area contributed by atoms with Gasteiger partial charge in [-0.2, -0.15) is 0 Å². The van der Waals surface area contributed by atoms with Crippen LogP contribution in [0.5, 0.6) is 5.75 Å². The van der Waals surface area contributed by atoms with E-state index >= 15 is 0 Å². The largest absolute Gasteiger partial charge is 0.495 e. The van der Waals surface area contributed by atoms with E-state index in [-0.39, 0.29) is 0 Å². The molecule has 17 heavy (non-hydrogen) atoms. The number of piperidine rings is 1. The summed E-state index contributed by atoms with van der Waals surface area (Å²) in [6, 6.07) is 8.21. The van der Waals surface area contributed by atoms with Crippen LogP contribution in [0.2, 0.25) is 0 Å². The van der Waals surface area contributed by atoms with Crippen LogP contribution in [0.4, 0.5) is 5.69 Å². The van der Waals surface area contributed by atoms with Gasteiger partial charge in [0.25, 0.3) is 0 Å². The lowest BCUT2D eigenvalue weighted by Crippen LogP contribution is -2.36. The molecule has 1 heterocycles. The van der Waals surface area contributed by atoms with Crippen LogP contribution in [0, 0.1) is 5.92 Å². The van der Waals surface area contributed by atoms with E-state index < -0.39 is 0 Å². The summed E-state index contributed by atoms with van der Waals surface area (Å²) in [5.41, 5.74) is 1.18. The number of methoxy groups -OCH3 is 1. The van der Waals surface area contributed by atoms with Gasteiger partial charge in [-0.1, -0.05) is 12.1 Å². The topological polar surface area (TPSA) is 24.5 Å². The number of hydrogen-bond acceptors (Lipinski definition) is 3. The second kappa shape index (κ2) is 5.92. The third-order valence-corrected chi connectivity index (χ3v) is 3.43. The standard InChI is InChI=1S/C14H22N2O/c1-16(11-12-6-5-9-15-10-12)13-7-3-4-8-14(13)17-2/h3-4,7-8,12,15H,5-6,9-11H2,1-2H3. The number of ether oxygens (including phenoxy) is 1. The van der Waals surface area contributed by atoms with Crippen molar-refractivity contribution in [3.8, 4) is 5.75 Å². The van der Waals surface area contributed by atoms with E-state index in [1.165, 1.54) is 25.1 Å². The fraction of sp³-hybridized carbons (Fsp3) is 0.571. The molecule has 1 aromatic rings. The van der Waals surface area contributed by atoms with Crippen LogP contribution in [0.25, 0.3) is 0 Å². The van der Waals surface area contributed by atoms with Gasteiger partial charge in [0.1, 0.15) is 5.75 Å². The first kappa shape index (κ1) is 12.2. The number of anilines is 1. The van der Waals surface area contributed by atoms with E-state index in [2.05, 4.69) is 29.4 Å². The monoisotopic (exact) mass is 234 g/mol. The number of nitrogens with zero attached hydrogens (tertiary/aromatic N) is 1. The molecule has 1 saturated heterocycles. The molecular weight excluding hydrogens is 212 g/mol. The highest BCUT2D eigenvalue weighted by Gasteiger charge is 2.16. The van der Waals surface area contributed by atoms with Gasteiger partial charge in [-0.25, -0.2) is 0 Å². The van der Waals surface area contributed by atoms with E-state index in [4.69, 9.17) is 4.74 Å². The molecular formula is C14H22N2O. The highest BCUT2D eigenvalue weighted by Crippen LogP contribution is 2.27. The van der Waals surface area contributed by atoms with Crippen LogP contribution in [0.15, 0.2) is 24.3 Å². The third kappa shape index (κ3) is 3.13. The number of hydrogen-bond donors (Lipinski definition) is 1. The average Bonchev–Trinajstić information content (AvgIpc) is 2.40. The first-order valence-corrected chi connectivity index (χ1v) is 6.36. The molecule has 0 radical (unpaired) electrons. The van der Waals surface area contributed by atoms with Crippen LogP contribution in [-0.2, 0) is 0 Å². The molecule has 0 spiro atoms. The smallest absolute Gasteiger partial charge is 0.142 e. The minimum Gasteiger partial charge on any atom is -0.495 e. The van der Waals surface area contributed by atoms with Crippen LogP contribution in [0.3, 0.4) is 0 Å². The number of benzene rings is 1. The Kier molecular flexibility index (Phi) is 4.26. The van der Waals surface area contributed by atoms with Crippen molar-refractivity contribution in [1.29, 1.82) is 0 Å². The SMILES string of the molecule is COc1ccccc1N(C)CC1CCCNC1. The van der Waals surface area contributed by atoms with Gasteiger partial charge in [0.05, 0.1) is 12.8 Å². The molecule has 3 nitrogen and oxygen atoms in total. The Morgan fingerprint density at radius 1 is 1.41 bits per heavy atom. The molecule has 1 fully saturated rings. The summed E-state index contributed by atoms with van der Waals surface area (Å²) in [6.45, 7) is 3.40. The van der Waals surface area contributed by atoms with Gasteiger partial charge in [0.15, 0.2) is 0 Å². The quantitative estimate of drug-likeness (QED) is 0.863. The Bertz CT molecular complexity index is 348. The molecule has 0 bridgehead atoms. The summed E-state index contributed by atoms with van der Waals surface area (Å²) >= 11 is 0. The van der Waals surface area contributed by atoms with Crippen molar-refractivity contribution < 1.29 is 4.74 Å². The minimum atomic E-state index is 0.749. The Labute approximate surface area is 104 Å². The number of nitrogens with one attached hydrogen (secondary N) is 1. The first-order chi connectivity index (χ1) is 8.31. The highest BCUT2D eigenvalue weighted by molar-refractivity contribution is 5.57. The molecule has 0 aliphatic carbocycles. The van der Waals surface area contributed by atoms with Gasteiger partial charge in [0.2, 0.25) is 0 Å². The van der Waals surface area contributed by atoms with E-state index in [1.807, 2.05) is 12.1 Å². The number of rotatable bonds is 4. The van der Waals surface area contributed by atoms with E-state index in [9.17, 15) is 0 Å². The Balaban J connectivity index is 2.00. The summed E-state index contributed by atoms with van der Waals surface area (Å²) in [5, 5.41) is 3.46. The van der Waals surface area contributed by atoms with Crippen molar-refractivity contribution in [1.82, 2.24) is 5.32 Å². The summed E-state index contributed by atoms with van der Waals surface area (Å²) in [7, 11) is 3.88. The predicted molar refractivity (Wildman–Crippen MR) is 71.9 cm³/mol. The first-order valence-electron chi connectivity index (χ1n) is 6.36. The van der Waals surface area contributed by atoms with Crippen LogP contribution in [-0.4, -0.2) is 33.8 Å². The Hall–Kier alpha value is -1.22. The van der Waals surface area contributed by atoms with Gasteiger partial charge < -0.3 is 15.0 Å². The zero-order valence-corrected chi connectivity index (χ0v) is 10.8. The van der Waals surface area contributed by atoms with Gasteiger partial charge in [-0.05, 0) is 44.0 Å². The van der Waals surface area contributed by atoms with Crippen LogP contribution >= 0.6 is 0 Å². The lowest BCUT2D eigenvalue weighted by atomic mass is 9.99. The van der Waals surface area contributed by atoms with Gasteiger partial charge >= 0.3 is 0 Å². The Morgan fingerprint density at radius 3 is 2.94 bits per heavy atom. The summed E-state index contributed by atoms with van der Waals surface area (Å²) in [6.07, 6.45) is 2.62. The zero-order chi connectivity index (χ0) is 12.1. The molecule has 94 valence electrons. The lowest BCUT2D eigenvalue weighted by molar-refractivity contribution is 0.378. The summed E-state index contributed by atoms with van der Waals surface area (Å²) in [5.74, 6) is 1.71. The second-order valence-corrected chi connectivity index (χ2v) is 4.76. The van der Waals surface area contributed by atoms with Gasteiger partial charge in [-0.15, -0.1) is 0 Å². The van der Waals surface area contributed by atoms with Crippen molar-refractivity contribution in [3.63, 3.8) is 0 Å². The molecule has 1 N–H and O–H groups in total. The molecule has 2 rings (SSSR count). The Morgan fingerprint density at radius 2 is 2.24 bits per heavy atom. The predicted octanol–water partition coefficient (Wildman–Crippen LogP) is 2.13. The molecule has 1 aliphatic rings. The molecule has 1 aliphatic heterocycles. The maximum Gasteiger partial charge on any atom is 0.142 e. The summed E-state index contributed by atoms with van der Waals surface area (Å²) < 4.78 is 5.40. The maximum absolute atomic E-state index is 5.40. The van der Waals surface area contributed by atoms with Crippen LogP contribution < -0.4 is 15.0 Å². The molecule has 0 amide bonds. The lowest BCUT2D eigenvalue weighted by Gasteiger charge is -2.29. The fourth-order valence-corrected chi connectivity index (χ4v) is 2.51. The van der Waals surface area contributed by atoms with Gasteiger partial charge in [0, 0.05) is 13.6 Å². The highest BCUT2D eigenvalue weighted by atomic mass is 16.5. The van der Waals surface area contributed by atoms with Crippen molar-refractivity contribution in [2.45, 2.75) is 12.8 Å². The zero-order valence-electron chi connectivity index (χ0n) is 10.8. The van der Waals surface area contributed by atoms with E-state index in [1.54, 1.807) is 7.11 Å². The second-order valence-electron chi connectivity index (χ2n) is 4.76. The molecule has 0 aromatic heterocycles. The fourth-order valence-electron chi connectivity index (χ4n) is 2.51. The van der Waals surface area contributed by atoms with Crippen molar-refractivity contribution in [2.24, 2.45) is 5.92 Å².